The Morgan fingerprint density at radius 1 is 0.700 bits per heavy atom. The van der Waals surface area contributed by atoms with Gasteiger partial charge in [0.2, 0.25) is 0 Å². The third kappa shape index (κ3) is 2.27. The molecular formula is C17H12N3+. The zero-order valence-electron chi connectivity index (χ0n) is 10.8. The molecule has 0 unspecified atom stereocenters. The highest BCUT2D eigenvalue weighted by Crippen LogP contribution is 2.34. The number of benzene rings is 3. The molecule has 0 heterocycles. The topological polar surface area (TPSA) is 29.1 Å². The summed E-state index contributed by atoms with van der Waals surface area (Å²) in [6, 6.07) is 21.2. The zero-order chi connectivity index (χ0) is 13.8. The van der Waals surface area contributed by atoms with E-state index in [4.69, 9.17) is 6.57 Å². The van der Waals surface area contributed by atoms with Gasteiger partial charge in [0.05, 0.1) is 16.8 Å². The van der Waals surface area contributed by atoms with Crippen LogP contribution in [0.3, 0.4) is 0 Å². The molecule has 3 aromatic carbocycles. The van der Waals surface area contributed by atoms with Gasteiger partial charge in [-0.1, -0.05) is 36.4 Å². The van der Waals surface area contributed by atoms with E-state index in [-0.39, 0.29) is 0 Å². The van der Waals surface area contributed by atoms with Crippen molar-refractivity contribution in [3.8, 4) is 6.57 Å². The molecule has 0 saturated heterocycles. The first-order valence-electron chi connectivity index (χ1n) is 6.28. The fourth-order valence-corrected chi connectivity index (χ4v) is 2.07. The van der Waals surface area contributed by atoms with Crippen molar-refractivity contribution in [2.24, 2.45) is 10.2 Å². The van der Waals surface area contributed by atoms with Crippen molar-refractivity contribution in [1.29, 1.82) is 0 Å². The van der Waals surface area contributed by atoms with Crippen molar-refractivity contribution in [3.05, 3.63) is 71.6 Å². The van der Waals surface area contributed by atoms with Crippen molar-refractivity contribution in [3.63, 3.8) is 0 Å². The summed E-state index contributed by atoms with van der Waals surface area (Å²) < 4.78 is 0. The minimum absolute atomic E-state index is 0.749. The van der Waals surface area contributed by atoms with Gasteiger partial charge in [0.1, 0.15) is 0 Å². The zero-order valence-corrected chi connectivity index (χ0v) is 10.8. The summed E-state index contributed by atoms with van der Waals surface area (Å²) in [7, 11) is 0. The van der Waals surface area contributed by atoms with Gasteiger partial charge in [0.15, 0.2) is 0 Å². The molecule has 0 bridgehead atoms. The molecule has 0 saturated carbocycles. The third-order valence-corrected chi connectivity index (χ3v) is 3.05. The van der Waals surface area contributed by atoms with Gasteiger partial charge in [-0.05, 0) is 29.1 Å². The van der Waals surface area contributed by atoms with E-state index in [2.05, 4.69) is 15.1 Å². The second-order valence-electron chi connectivity index (χ2n) is 4.31. The van der Waals surface area contributed by atoms with Crippen molar-refractivity contribution in [2.45, 2.75) is 0 Å². The van der Waals surface area contributed by atoms with Crippen molar-refractivity contribution in [1.82, 2.24) is 0 Å². The molecule has 3 aromatic rings. The molecule has 3 heteroatoms. The van der Waals surface area contributed by atoms with Crippen LogP contribution in [0.15, 0.2) is 77.0 Å². The monoisotopic (exact) mass is 258 g/mol. The predicted octanol–water partition coefficient (Wildman–Crippen LogP) is 5.85. The van der Waals surface area contributed by atoms with Gasteiger partial charge in [-0.15, -0.1) is 5.11 Å². The maximum atomic E-state index is 5.40. The lowest BCUT2D eigenvalue weighted by Crippen LogP contribution is -1.74. The van der Waals surface area contributed by atoms with Crippen LogP contribution in [-0.2, 0) is 0 Å². The van der Waals surface area contributed by atoms with Crippen LogP contribution in [0.5, 0.6) is 0 Å². The van der Waals surface area contributed by atoms with E-state index in [0.717, 1.165) is 27.8 Å². The number of hydrogen-bond donors (Lipinski definition) is 0. The fourth-order valence-electron chi connectivity index (χ4n) is 2.07. The van der Waals surface area contributed by atoms with Crippen LogP contribution in [-0.4, -0.2) is 0 Å². The smallest absolute Gasteiger partial charge is 0.151 e. The normalized spacial score (nSPS) is 10.8. The molecule has 0 atom stereocenters. The van der Waals surface area contributed by atoms with E-state index in [1.165, 1.54) is 0 Å². The largest absolute Gasteiger partial charge is 0.347 e. The lowest BCUT2D eigenvalue weighted by Gasteiger charge is -1.99. The standard InChI is InChI=1S/C17H12N3/c1-18-16-11-12-17(15-10-6-5-9-14(15)16)20-19-13-7-3-2-4-8-13/h1-12H/q+1. The molecule has 0 N–H and O–H groups in total. The van der Waals surface area contributed by atoms with Gasteiger partial charge in [-0.2, -0.15) is 5.11 Å². The van der Waals surface area contributed by atoms with Crippen molar-refractivity contribution >= 4 is 27.8 Å². The fraction of sp³-hybridized carbons (Fsp3) is 0. The lowest BCUT2D eigenvalue weighted by atomic mass is 10.1. The van der Waals surface area contributed by atoms with Gasteiger partial charge >= 0.3 is 5.69 Å². The molecule has 0 aromatic heterocycles. The van der Waals surface area contributed by atoms with Crippen LogP contribution in [0, 0.1) is 6.57 Å². The molecule has 0 amide bonds. The number of rotatable bonds is 2. The molecule has 0 aliphatic carbocycles. The van der Waals surface area contributed by atoms with Crippen LogP contribution >= 0.6 is 0 Å². The summed E-state index contributed by atoms with van der Waals surface area (Å²) >= 11 is 0. The van der Waals surface area contributed by atoms with Gasteiger partial charge in [0, 0.05) is 11.5 Å². The first-order valence-corrected chi connectivity index (χ1v) is 6.28. The number of azo groups is 1. The minimum atomic E-state index is 0.749. The number of nitrogens with zero attached hydrogens (tertiary/aromatic N) is 3. The highest BCUT2D eigenvalue weighted by atomic mass is 15.1. The Kier molecular flexibility index (Phi) is 3.22. The summed E-state index contributed by atoms with van der Waals surface area (Å²) in [4.78, 5) is 3.79. The molecule has 0 aliphatic rings. The molecule has 3 rings (SSSR count). The Morgan fingerprint density at radius 2 is 1.40 bits per heavy atom. The third-order valence-electron chi connectivity index (χ3n) is 3.05. The Bertz CT molecular complexity index is 815. The minimum Gasteiger partial charge on any atom is -0.151 e. The van der Waals surface area contributed by atoms with Gasteiger partial charge < -0.3 is 0 Å². The van der Waals surface area contributed by atoms with E-state index in [1.807, 2.05) is 66.7 Å². The molecule has 0 fully saturated rings. The summed E-state index contributed by atoms with van der Waals surface area (Å²) in [5.74, 6) is 0. The maximum absolute atomic E-state index is 5.40. The van der Waals surface area contributed by atoms with Crippen molar-refractivity contribution in [2.75, 3.05) is 0 Å². The van der Waals surface area contributed by atoms with E-state index >= 15 is 0 Å². The highest BCUT2D eigenvalue weighted by Gasteiger charge is 2.10. The van der Waals surface area contributed by atoms with E-state index < -0.39 is 0 Å². The first kappa shape index (κ1) is 12.1. The van der Waals surface area contributed by atoms with Crippen LogP contribution in [0.4, 0.5) is 17.1 Å². The maximum Gasteiger partial charge on any atom is 0.347 e. The molecule has 20 heavy (non-hydrogen) atoms. The lowest BCUT2D eigenvalue weighted by molar-refractivity contribution is 1.24. The van der Waals surface area contributed by atoms with E-state index in [1.54, 1.807) is 0 Å². The summed E-state index contributed by atoms with van der Waals surface area (Å²) in [5.41, 5.74) is 2.38. The van der Waals surface area contributed by atoms with Gasteiger partial charge in [-0.25, -0.2) is 0 Å². The molecule has 0 aliphatic heterocycles. The Balaban J connectivity index is 2.10. The highest BCUT2D eigenvalue weighted by molar-refractivity contribution is 6.01. The second kappa shape index (κ2) is 5.33. The molecule has 94 valence electrons. The second-order valence-corrected chi connectivity index (χ2v) is 4.31. The van der Waals surface area contributed by atoms with Crippen LogP contribution in [0.25, 0.3) is 15.6 Å². The van der Waals surface area contributed by atoms with Crippen LogP contribution < -0.4 is 0 Å². The Morgan fingerprint density at radius 3 is 2.15 bits per heavy atom. The predicted molar refractivity (Wildman–Crippen MR) is 82.5 cm³/mol. The van der Waals surface area contributed by atoms with E-state index in [9.17, 15) is 0 Å². The van der Waals surface area contributed by atoms with E-state index in [0.29, 0.717) is 0 Å². The summed E-state index contributed by atoms with van der Waals surface area (Å²) in [6.07, 6.45) is 0. The summed E-state index contributed by atoms with van der Waals surface area (Å²) in [6.45, 7) is 5.40. The van der Waals surface area contributed by atoms with Gasteiger partial charge in [-0.3, -0.25) is 0 Å². The number of fused-ring (bicyclic) bond motifs is 1. The molecular weight excluding hydrogens is 246 g/mol. The van der Waals surface area contributed by atoms with Crippen LogP contribution in [0.1, 0.15) is 0 Å². The van der Waals surface area contributed by atoms with Gasteiger partial charge in [0.25, 0.3) is 6.57 Å². The average molecular weight is 258 g/mol. The molecule has 3 nitrogen and oxygen atoms in total. The quantitative estimate of drug-likeness (QED) is 0.516. The van der Waals surface area contributed by atoms with Crippen LogP contribution in [0.2, 0.25) is 0 Å². The first-order chi connectivity index (χ1) is 9.88. The molecule has 0 radical (unpaired) electrons. The number of hydrogen-bond acceptors (Lipinski definition) is 2. The Labute approximate surface area is 117 Å². The SMILES string of the molecule is C#[N+]c1ccc(N=Nc2ccccc2)c2ccccc12. The molecule has 0 spiro atoms. The average Bonchev–Trinajstić information content (AvgIpc) is 2.53. The van der Waals surface area contributed by atoms with Crippen molar-refractivity contribution < 1.29 is 0 Å². The summed E-state index contributed by atoms with van der Waals surface area (Å²) in [5, 5.41) is 10.5. The Hall–Kier alpha value is -2.99.